The molecular weight excluding hydrogens is 335 g/mol. The SMILES string of the molecule is Cc1nn(C)c(C)c1NC(=O)C[NH+](C)Cc1cccc(Cl)c1Cl. The Hall–Kier alpha value is -1.56. The molecule has 2 rings (SSSR count). The smallest absolute Gasteiger partial charge is 0.279 e. The van der Waals surface area contributed by atoms with E-state index in [2.05, 4.69) is 10.4 Å². The van der Waals surface area contributed by atoms with E-state index in [1.807, 2.05) is 40.1 Å². The van der Waals surface area contributed by atoms with Crippen LogP contribution in [0.1, 0.15) is 17.0 Å². The van der Waals surface area contributed by atoms with Crippen LogP contribution in [0.15, 0.2) is 18.2 Å². The number of likely N-dealkylation sites (N-methyl/N-ethyl adjacent to an activating group) is 1. The van der Waals surface area contributed by atoms with Crippen LogP contribution in [-0.2, 0) is 18.4 Å². The van der Waals surface area contributed by atoms with Gasteiger partial charge in [0.25, 0.3) is 5.91 Å². The predicted molar refractivity (Wildman–Crippen MR) is 93.2 cm³/mol. The Kier molecular flexibility index (Phi) is 5.68. The van der Waals surface area contributed by atoms with Crippen molar-refractivity contribution in [3.05, 3.63) is 45.2 Å². The number of quaternary nitrogens is 1. The second-order valence-corrected chi connectivity index (χ2v) is 6.53. The minimum absolute atomic E-state index is 0.0557. The summed E-state index contributed by atoms with van der Waals surface area (Å²) in [5.74, 6) is -0.0557. The minimum atomic E-state index is -0.0557. The molecule has 0 fully saturated rings. The average molecular weight is 356 g/mol. The third-order valence-electron chi connectivity index (χ3n) is 3.76. The molecule has 7 heteroatoms. The van der Waals surface area contributed by atoms with Gasteiger partial charge < -0.3 is 10.2 Å². The molecule has 0 bridgehead atoms. The summed E-state index contributed by atoms with van der Waals surface area (Å²) < 4.78 is 1.76. The molecule has 0 saturated carbocycles. The van der Waals surface area contributed by atoms with Crippen LogP contribution >= 0.6 is 23.2 Å². The van der Waals surface area contributed by atoms with Crippen molar-refractivity contribution < 1.29 is 9.69 Å². The fourth-order valence-corrected chi connectivity index (χ4v) is 2.87. The zero-order valence-corrected chi connectivity index (χ0v) is 15.2. The summed E-state index contributed by atoms with van der Waals surface area (Å²) in [4.78, 5) is 13.3. The number of amides is 1. The van der Waals surface area contributed by atoms with Gasteiger partial charge in [0.15, 0.2) is 6.54 Å². The second-order valence-electron chi connectivity index (χ2n) is 5.74. The molecule has 0 radical (unpaired) electrons. The molecule has 124 valence electrons. The molecule has 0 spiro atoms. The first kappa shape index (κ1) is 17.8. The Morgan fingerprint density at radius 3 is 2.65 bits per heavy atom. The topological polar surface area (TPSA) is 51.4 Å². The van der Waals surface area contributed by atoms with Crippen molar-refractivity contribution in [3.8, 4) is 0 Å². The number of anilines is 1. The fourth-order valence-electron chi connectivity index (χ4n) is 2.48. The van der Waals surface area contributed by atoms with E-state index in [4.69, 9.17) is 23.2 Å². The summed E-state index contributed by atoms with van der Waals surface area (Å²) in [6.45, 7) is 4.76. The second kappa shape index (κ2) is 7.34. The van der Waals surface area contributed by atoms with Crippen molar-refractivity contribution in [3.63, 3.8) is 0 Å². The van der Waals surface area contributed by atoms with E-state index >= 15 is 0 Å². The van der Waals surface area contributed by atoms with Crippen LogP contribution in [-0.4, -0.2) is 29.3 Å². The van der Waals surface area contributed by atoms with Crippen molar-refractivity contribution in [1.82, 2.24) is 9.78 Å². The van der Waals surface area contributed by atoms with E-state index < -0.39 is 0 Å². The van der Waals surface area contributed by atoms with Crippen LogP contribution in [0.2, 0.25) is 10.0 Å². The Balaban J connectivity index is 1.98. The molecule has 1 amide bonds. The number of halogens is 2. The molecule has 0 aliphatic carbocycles. The summed E-state index contributed by atoms with van der Waals surface area (Å²) in [5, 5.41) is 8.31. The van der Waals surface area contributed by atoms with Gasteiger partial charge in [-0.2, -0.15) is 5.10 Å². The maximum absolute atomic E-state index is 12.3. The Morgan fingerprint density at radius 1 is 1.35 bits per heavy atom. The van der Waals surface area contributed by atoms with Crippen molar-refractivity contribution in [2.75, 3.05) is 18.9 Å². The van der Waals surface area contributed by atoms with Crippen LogP contribution in [0.4, 0.5) is 5.69 Å². The van der Waals surface area contributed by atoms with Crippen molar-refractivity contribution >= 4 is 34.8 Å². The standard InChI is InChI=1S/C16H20Cl2N4O/c1-10-16(11(2)22(4)20-10)19-14(23)9-21(3)8-12-6-5-7-13(17)15(12)18/h5-7H,8-9H2,1-4H3,(H,19,23)/p+1. The zero-order valence-electron chi connectivity index (χ0n) is 13.7. The number of nitrogens with zero attached hydrogens (tertiary/aromatic N) is 2. The van der Waals surface area contributed by atoms with Crippen LogP contribution in [0.3, 0.4) is 0 Å². The Bertz CT molecular complexity index is 727. The van der Waals surface area contributed by atoms with E-state index in [-0.39, 0.29) is 5.91 Å². The number of hydrogen-bond donors (Lipinski definition) is 2. The van der Waals surface area contributed by atoms with Gasteiger partial charge in [-0.15, -0.1) is 0 Å². The van der Waals surface area contributed by atoms with Gasteiger partial charge in [-0.05, 0) is 19.9 Å². The van der Waals surface area contributed by atoms with Gasteiger partial charge in [0.1, 0.15) is 6.54 Å². The largest absolute Gasteiger partial charge is 0.326 e. The number of hydrogen-bond acceptors (Lipinski definition) is 2. The first-order valence-electron chi connectivity index (χ1n) is 7.33. The van der Waals surface area contributed by atoms with E-state index in [0.717, 1.165) is 27.5 Å². The highest BCUT2D eigenvalue weighted by Gasteiger charge is 2.17. The first-order chi connectivity index (χ1) is 10.8. The molecule has 5 nitrogen and oxygen atoms in total. The lowest BCUT2D eigenvalue weighted by atomic mass is 10.2. The predicted octanol–water partition coefficient (Wildman–Crippen LogP) is 2.00. The van der Waals surface area contributed by atoms with Gasteiger partial charge in [0, 0.05) is 12.6 Å². The van der Waals surface area contributed by atoms with Crippen molar-refractivity contribution in [1.29, 1.82) is 0 Å². The average Bonchev–Trinajstić information content (AvgIpc) is 2.70. The van der Waals surface area contributed by atoms with Gasteiger partial charge in [-0.1, -0.05) is 35.3 Å². The highest BCUT2D eigenvalue weighted by molar-refractivity contribution is 6.42. The molecule has 1 atom stereocenters. The summed E-state index contributed by atoms with van der Waals surface area (Å²) >= 11 is 12.2. The number of nitrogens with one attached hydrogen (secondary N) is 2. The summed E-state index contributed by atoms with van der Waals surface area (Å²) in [5.41, 5.74) is 3.46. The van der Waals surface area contributed by atoms with Crippen molar-refractivity contribution in [2.45, 2.75) is 20.4 Å². The molecule has 1 heterocycles. The molecule has 2 aromatic rings. The normalized spacial score (nSPS) is 12.3. The number of aromatic nitrogens is 2. The lowest BCUT2D eigenvalue weighted by Gasteiger charge is -2.15. The van der Waals surface area contributed by atoms with E-state index in [1.165, 1.54) is 0 Å². The number of aryl methyl sites for hydroxylation is 2. The van der Waals surface area contributed by atoms with Crippen LogP contribution < -0.4 is 10.2 Å². The molecule has 1 aromatic heterocycles. The molecule has 1 unspecified atom stereocenters. The molecule has 23 heavy (non-hydrogen) atoms. The molecule has 0 saturated heterocycles. The van der Waals surface area contributed by atoms with E-state index in [9.17, 15) is 4.79 Å². The van der Waals surface area contributed by atoms with E-state index in [0.29, 0.717) is 23.1 Å². The summed E-state index contributed by atoms with van der Waals surface area (Å²) in [6, 6.07) is 5.54. The van der Waals surface area contributed by atoms with Crippen LogP contribution in [0.25, 0.3) is 0 Å². The van der Waals surface area contributed by atoms with E-state index in [1.54, 1.807) is 10.7 Å². The molecule has 2 N–H and O–H groups in total. The highest BCUT2D eigenvalue weighted by atomic mass is 35.5. The van der Waals surface area contributed by atoms with Gasteiger partial charge in [-0.25, -0.2) is 0 Å². The third kappa shape index (κ3) is 4.25. The van der Waals surface area contributed by atoms with Crippen LogP contribution in [0, 0.1) is 13.8 Å². The van der Waals surface area contributed by atoms with Crippen molar-refractivity contribution in [2.24, 2.45) is 7.05 Å². The molecule has 1 aromatic carbocycles. The summed E-state index contributed by atoms with van der Waals surface area (Å²) in [7, 11) is 3.80. The number of carbonyl (C=O) groups is 1. The van der Waals surface area contributed by atoms with Crippen LogP contribution in [0.5, 0.6) is 0 Å². The maximum atomic E-state index is 12.3. The fraction of sp³-hybridized carbons (Fsp3) is 0.375. The summed E-state index contributed by atoms with van der Waals surface area (Å²) in [6.07, 6.45) is 0. The molecule has 0 aliphatic heterocycles. The number of carbonyl (C=O) groups excluding carboxylic acids is 1. The Morgan fingerprint density at radius 2 is 2.04 bits per heavy atom. The quantitative estimate of drug-likeness (QED) is 0.861. The third-order valence-corrected chi connectivity index (χ3v) is 4.62. The number of rotatable bonds is 5. The monoisotopic (exact) mass is 355 g/mol. The molecule has 0 aliphatic rings. The molecular formula is C16H21Cl2N4O+. The minimum Gasteiger partial charge on any atom is -0.326 e. The Labute approximate surface area is 146 Å². The highest BCUT2D eigenvalue weighted by Crippen LogP contribution is 2.24. The van der Waals surface area contributed by atoms with Gasteiger partial charge in [-0.3, -0.25) is 9.48 Å². The van der Waals surface area contributed by atoms with Gasteiger partial charge in [0.05, 0.1) is 34.2 Å². The lowest BCUT2D eigenvalue weighted by Crippen LogP contribution is -3.08. The first-order valence-corrected chi connectivity index (χ1v) is 8.09. The lowest BCUT2D eigenvalue weighted by molar-refractivity contribution is -0.885. The van der Waals surface area contributed by atoms with Gasteiger partial charge >= 0.3 is 0 Å². The van der Waals surface area contributed by atoms with Gasteiger partial charge in [0.2, 0.25) is 0 Å². The number of benzene rings is 1. The maximum Gasteiger partial charge on any atom is 0.279 e. The zero-order chi connectivity index (χ0) is 17.1.